The summed E-state index contributed by atoms with van der Waals surface area (Å²) in [6.45, 7) is 7.86. The van der Waals surface area contributed by atoms with Gasteiger partial charge in [-0.25, -0.2) is 9.79 Å². The molecule has 4 rings (SSSR count). The fourth-order valence-electron chi connectivity index (χ4n) is 4.16. The van der Waals surface area contributed by atoms with Crippen LogP contribution in [0.2, 0.25) is 5.02 Å². The number of aliphatic imine (C=N–C) groups is 1. The van der Waals surface area contributed by atoms with Crippen LogP contribution in [0.15, 0.2) is 82.0 Å². The molecule has 0 aliphatic carbocycles. The summed E-state index contributed by atoms with van der Waals surface area (Å²) in [5.74, 6) is -0.446. The third kappa shape index (κ3) is 5.85. The largest absolute Gasteiger partial charge is 0.456 e. The number of amidine groups is 1. The van der Waals surface area contributed by atoms with Crippen LogP contribution >= 0.6 is 23.4 Å². The van der Waals surface area contributed by atoms with E-state index in [9.17, 15) is 9.59 Å². The quantitative estimate of drug-likeness (QED) is 0.415. The molecule has 0 unspecified atom stereocenters. The van der Waals surface area contributed by atoms with Gasteiger partial charge < -0.3 is 14.5 Å². The topological polar surface area (TPSA) is 62.2 Å². The van der Waals surface area contributed by atoms with E-state index in [1.807, 2.05) is 80.5 Å². The number of ether oxygens (including phenoxy) is 1. The highest BCUT2D eigenvalue weighted by molar-refractivity contribution is 8.16. The van der Waals surface area contributed by atoms with Gasteiger partial charge in [-0.3, -0.25) is 4.79 Å². The van der Waals surface area contributed by atoms with Gasteiger partial charge in [0.15, 0.2) is 5.17 Å². The molecule has 2 aromatic rings. The zero-order chi connectivity index (χ0) is 26.0. The van der Waals surface area contributed by atoms with Crippen LogP contribution < -0.4 is 0 Å². The van der Waals surface area contributed by atoms with Crippen LogP contribution in [0, 0.1) is 0 Å². The Bertz CT molecular complexity index is 1250. The van der Waals surface area contributed by atoms with Gasteiger partial charge in [-0.2, -0.15) is 0 Å². The second kappa shape index (κ2) is 10.5. The van der Waals surface area contributed by atoms with Gasteiger partial charge >= 0.3 is 5.97 Å². The predicted octanol–water partition coefficient (Wildman–Crippen LogP) is 6.31. The molecule has 0 spiro atoms. The first-order chi connectivity index (χ1) is 17.0. The zero-order valence-corrected chi connectivity index (χ0v) is 22.7. The Hall–Kier alpha value is -3.03. The van der Waals surface area contributed by atoms with Gasteiger partial charge in [-0.15, -0.1) is 0 Å². The van der Waals surface area contributed by atoms with Gasteiger partial charge in [-0.05, 0) is 56.4 Å². The van der Waals surface area contributed by atoms with E-state index in [0.29, 0.717) is 22.8 Å². The van der Waals surface area contributed by atoms with Crippen molar-refractivity contribution in [3.8, 4) is 0 Å². The average Bonchev–Trinajstić information content (AvgIpc) is 3.20. The highest BCUT2D eigenvalue weighted by atomic mass is 35.5. The number of allylic oxidation sites excluding steroid dienone is 1. The van der Waals surface area contributed by atoms with Crippen LogP contribution in [0.1, 0.15) is 51.3 Å². The molecule has 2 aliphatic rings. The monoisotopic (exact) mass is 523 g/mol. The molecule has 1 amide bonds. The number of hydrogen-bond donors (Lipinski definition) is 0. The number of rotatable bonds is 6. The van der Waals surface area contributed by atoms with Crippen LogP contribution in [-0.2, 0) is 20.9 Å². The Kier molecular flexibility index (Phi) is 7.62. The van der Waals surface area contributed by atoms with Crippen molar-refractivity contribution in [1.82, 2.24) is 9.80 Å². The second-order valence-corrected chi connectivity index (χ2v) is 11.1. The SMILES string of the molecule is CC1=C(C(=O)OC(C)(C)C)[C@@H](c2ccc(Cl)cc2)N2C(CC(=O)N(C)Cc3ccccc3)=CSC2=N1. The third-order valence-corrected chi connectivity index (χ3v) is 6.97. The van der Waals surface area contributed by atoms with Crippen molar-refractivity contribution in [3.63, 3.8) is 0 Å². The fraction of sp³-hybridized carbons (Fsp3) is 0.321. The Labute approximate surface area is 221 Å². The van der Waals surface area contributed by atoms with Gasteiger partial charge in [0.2, 0.25) is 5.91 Å². The smallest absolute Gasteiger partial charge is 0.338 e. The number of fused-ring (bicyclic) bond motifs is 1. The van der Waals surface area contributed by atoms with E-state index < -0.39 is 17.6 Å². The van der Waals surface area contributed by atoms with Crippen molar-refractivity contribution in [3.05, 3.63) is 93.1 Å². The number of hydrogen-bond acceptors (Lipinski definition) is 6. The normalized spacial score (nSPS) is 17.4. The maximum Gasteiger partial charge on any atom is 0.338 e. The molecular weight excluding hydrogens is 494 g/mol. The molecule has 0 fully saturated rings. The highest BCUT2D eigenvalue weighted by Crippen LogP contribution is 2.45. The molecule has 6 nitrogen and oxygen atoms in total. The van der Waals surface area contributed by atoms with Crippen LogP contribution in [0.4, 0.5) is 0 Å². The van der Waals surface area contributed by atoms with Crippen LogP contribution in [0.5, 0.6) is 0 Å². The van der Waals surface area contributed by atoms with Crippen molar-refractivity contribution >= 4 is 40.4 Å². The minimum atomic E-state index is -0.659. The molecule has 0 radical (unpaired) electrons. The lowest BCUT2D eigenvalue weighted by atomic mass is 9.93. The molecule has 36 heavy (non-hydrogen) atoms. The molecule has 1 atom stereocenters. The van der Waals surface area contributed by atoms with Gasteiger partial charge in [0.1, 0.15) is 5.60 Å². The molecule has 8 heteroatoms. The molecular formula is C28H30ClN3O3S. The standard InChI is InChI=1S/C28H30ClN3O3S/c1-18-24(26(34)35-28(2,3)4)25(20-11-13-21(29)14-12-20)32-22(17-36-27(32)30-18)15-23(33)31(5)16-19-9-7-6-8-10-19/h6-14,17,25H,15-16H2,1-5H3/t25-/m1/s1. The van der Waals surface area contributed by atoms with Crippen molar-refractivity contribution < 1.29 is 14.3 Å². The Morgan fingerprint density at radius 2 is 1.78 bits per heavy atom. The number of amides is 1. The Morgan fingerprint density at radius 3 is 2.42 bits per heavy atom. The fourth-order valence-corrected chi connectivity index (χ4v) is 5.25. The Balaban J connectivity index is 1.65. The lowest BCUT2D eigenvalue weighted by molar-refractivity contribution is -0.150. The van der Waals surface area contributed by atoms with Gasteiger partial charge in [0, 0.05) is 24.3 Å². The van der Waals surface area contributed by atoms with Gasteiger partial charge in [0.25, 0.3) is 0 Å². The molecule has 0 aromatic heterocycles. The number of halogens is 1. The molecule has 2 aliphatic heterocycles. The summed E-state index contributed by atoms with van der Waals surface area (Å²) < 4.78 is 5.77. The first kappa shape index (κ1) is 26.0. The number of thioether (sulfide) groups is 1. The Morgan fingerprint density at radius 1 is 1.11 bits per heavy atom. The molecule has 2 aromatic carbocycles. The maximum atomic E-state index is 13.4. The first-order valence-corrected chi connectivity index (χ1v) is 13.0. The van der Waals surface area contributed by atoms with Crippen molar-refractivity contribution in [2.75, 3.05) is 7.05 Å². The lowest BCUT2D eigenvalue weighted by Crippen LogP contribution is -2.39. The summed E-state index contributed by atoms with van der Waals surface area (Å²) in [6, 6.07) is 16.8. The third-order valence-electron chi connectivity index (χ3n) is 5.83. The van der Waals surface area contributed by atoms with Crippen LogP contribution in [0.3, 0.4) is 0 Å². The summed E-state index contributed by atoms with van der Waals surface area (Å²) >= 11 is 7.62. The van der Waals surface area contributed by atoms with Crippen molar-refractivity contribution in [2.24, 2.45) is 4.99 Å². The number of nitrogens with zero attached hydrogens (tertiary/aromatic N) is 3. The lowest BCUT2D eigenvalue weighted by Gasteiger charge is -2.37. The maximum absolute atomic E-state index is 13.4. The molecule has 0 saturated heterocycles. The summed E-state index contributed by atoms with van der Waals surface area (Å²) in [5.41, 5.74) is 3.11. The molecule has 0 saturated carbocycles. The van der Waals surface area contributed by atoms with E-state index in [0.717, 1.165) is 22.0 Å². The zero-order valence-electron chi connectivity index (χ0n) is 21.1. The number of esters is 1. The van der Waals surface area contributed by atoms with Crippen LogP contribution in [-0.4, -0.2) is 39.5 Å². The summed E-state index contributed by atoms with van der Waals surface area (Å²) in [6.07, 6.45) is 0.181. The number of carbonyl (C=O) groups is 2. The van der Waals surface area contributed by atoms with E-state index in [2.05, 4.69) is 0 Å². The second-order valence-electron chi connectivity index (χ2n) is 9.86. The van der Waals surface area contributed by atoms with E-state index >= 15 is 0 Å². The van der Waals surface area contributed by atoms with E-state index in [-0.39, 0.29) is 12.3 Å². The highest BCUT2D eigenvalue weighted by Gasteiger charge is 2.42. The number of carbonyl (C=O) groups excluding carboxylic acids is 2. The van der Waals surface area contributed by atoms with Crippen LogP contribution in [0.25, 0.3) is 0 Å². The van der Waals surface area contributed by atoms with E-state index in [4.69, 9.17) is 21.3 Å². The average molecular weight is 524 g/mol. The summed E-state index contributed by atoms with van der Waals surface area (Å²) in [5, 5.41) is 3.28. The van der Waals surface area contributed by atoms with Gasteiger partial charge in [0.05, 0.1) is 23.7 Å². The predicted molar refractivity (Wildman–Crippen MR) is 145 cm³/mol. The van der Waals surface area contributed by atoms with Crippen molar-refractivity contribution in [1.29, 1.82) is 0 Å². The van der Waals surface area contributed by atoms with E-state index in [1.54, 1.807) is 24.1 Å². The molecule has 2 heterocycles. The summed E-state index contributed by atoms with van der Waals surface area (Å²) in [7, 11) is 1.80. The van der Waals surface area contributed by atoms with Crippen molar-refractivity contribution in [2.45, 2.75) is 52.3 Å². The first-order valence-electron chi connectivity index (χ1n) is 11.7. The number of benzene rings is 2. The molecule has 0 bridgehead atoms. The van der Waals surface area contributed by atoms with E-state index in [1.165, 1.54) is 11.8 Å². The molecule has 0 N–H and O–H groups in total. The van der Waals surface area contributed by atoms with Gasteiger partial charge in [-0.1, -0.05) is 65.8 Å². The minimum absolute atomic E-state index is 0.0214. The summed E-state index contributed by atoms with van der Waals surface area (Å²) in [4.78, 5) is 35.0. The minimum Gasteiger partial charge on any atom is -0.456 e. The molecule has 188 valence electrons.